The van der Waals surface area contributed by atoms with Crippen LogP contribution >= 0.6 is 12.0 Å². The Hall–Kier alpha value is -1.00. The maximum Gasteiger partial charge on any atom is 0.171 e. The third kappa shape index (κ3) is 1.43. The van der Waals surface area contributed by atoms with E-state index in [0.29, 0.717) is 41.3 Å². The number of hydrogen-bond acceptors (Lipinski definition) is 4. The van der Waals surface area contributed by atoms with Gasteiger partial charge in [-0.05, 0) is 12.1 Å². The number of carbonyl (C=O) groups excluding carboxylic acids is 1. The predicted octanol–water partition coefficient (Wildman–Crippen LogP) is 2.22. The first kappa shape index (κ1) is 8.59. The summed E-state index contributed by atoms with van der Waals surface area (Å²) in [6.45, 7) is 0.436. The Balaban J connectivity index is 2.56. The Morgan fingerprint density at radius 2 is 2.31 bits per heavy atom. The van der Waals surface area contributed by atoms with Crippen molar-refractivity contribution < 1.29 is 14.1 Å². The number of fused-ring (bicyclic) bond motifs is 1. The molecular formula is C9H8O3S. The van der Waals surface area contributed by atoms with Crippen LogP contribution < -0.4 is 4.74 Å². The Bertz CT molecular complexity index is 334. The average Bonchev–Trinajstić information content (AvgIpc) is 2.17. The van der Waals surface area contributed by atoms with E-state index in [1.807, 2.05) is 0 Å². The molecule has 0 saturated heterocycles. The third-order valence-electron chi connectivity index (χ3n) is 1.95. The standard InChI is InChI=1S/C9H8O3S/c10-6-4-5-12-7-2-1-3-8(13-11)9(6)7/h1-3,11H,4-5H2. The molecule has 68 valence electrons. The van der Waals surface area contributed by atoms with Crippen LogP contribution in [-0.4, -0.2) is 16.9 Å². The number of benzene rings is 1. The molecule has 0 spiro atoms. The van der Waals surface area contributed by atoms with Gasteiger partial charge in [-0.1, -0.05) is 6.07 Å². The van der Waals surface area contributed by atoms with Gasteiger partial charge in [0.2, 0.25) is 0 Å². The van der Waals surface area contributed by atoms with Crippen LogP contribution in [0.15, 0.2) is 23.1 Å². The normalized spacial score (nSPS) is 15.0. The molecule has 2 rings (SSSR count). The first-order chi connectivity index (χ1) is 6.33. The molecule has 3 nitrogen and oxygen atoms in total. The zero-order valence-electron chi connectivity index (χ0n) is 6.82. The van der Waals surface area contributed by atoms with Gasteiger partial charge >= 0.3 is 0 Å². The van der Waals surface area contributed by atoms with E-state index in [2.05, 4.69) is 0 Å². The second-order valence-corrected chi connectivity index (χ2v) is 3.36. The van der Waals surface area contributed by atoms with Crippen LogP contribution in [0.5, 0.6) is 5.75 Å². The number of Topliss-reactive ketones (excluding diaryl/α,β-unsaturated/α-hetero) is 1. The lowest BCUT2D eigenvalue weighted by molar-refractivity contribution is 0.0929. The fourth-order valence-electron chi connectivity index (χ4n) is 1.36. The summed E-state index contributed by atoms with van der Waals surface area (Å²) in [5.41, 5.74) is 0.515. The van der Waals surface area contributed by atoms with E-state index >= 15 is 0 Å². The Kier molecular flexibility index (Phi) is 2.24. The van der Waals surface area contributed by atoms with Gasteiger partial charge in [0.25, 0.3) is 0 Å². The van der Waals surface area contributed by atoms with Gasteiger partial charge in [0, 0.05) is 23.4 Å². The van der Waals surface area contributed by atoms with Crippen LogP contribution in [-0.2, 0) is 0 Å². The first-order valence-electron chi connectivity index (χ1n) is 3.93. The molecule has 1 aromatic rings. The average molecular weight is 196 g/mol. The molecule has 0 amide bonds. The second-order valence-electron chi connectivity index (χ2n) is 2.74. The molecule has 0 aromatic heterocycles. The van der Waals surface area contributed by atoms with Crippen molar-refractivity contribution in [2.45, 2.75) is 11.3 Å². The van der Waals surface area contributed by atoms with Crippen LogP contribution in [0, 0.1) is 0 Å². The molecule has 1 N–H and O–H groups in total. The number of rotatable bonds is 1. The zero-order valence-corrected chi connectivity index (χ0v) is 7.63. The quantitative estimate of drug-likeness (QED) is 0.699. The van der Waals surface area contributed by atoms with E-state index in [-0.39, 0.29) is 5.78 Å². The largest absolute Gasteiger partial charge is 0.492 e. The van der Waals surface area contributed by atoms with E-state index in [0.717, 1.165) is 0 Å². The third-order valence-corrected chi connectivity index (χ3v) is 2.49. The lowest BCUT2D eigenvalue weighted by Crippen LogP contribution is -2.15. The summed E-state index contributed by atoms with van der Waals surface area (Å²) in [4.78, 5) is 12.0. The monoisotopic (exact) mass is 196 g/mol. The Morgan fingerprint density at radius 1 is 1.46 bits per heavy atom. The van der Waals surface area contributed by atoms with E-state index in [1.165, 1.54) is 0 Å². The van der Waals surface area contributed by atoms with Crippen LogP contribution in [0.2, 0.25) is 0 Å². The van der Waals surface area contributed by atoms with Crippen molar-refractivity contribution in [2.24, 2.45) is 0 Å². The minimum absolute atomic E-state index is 0.0402. The molecule has 1 aromatic carbocycles. The van der Waals surface area contributed by atoms with E-state index in [4.69, 9.17) is 9.29 Å². The molecular weight excluding hydrogens is 188 g/mol. The highest BCUT2D eigenvalue weighted by molar-refractivity contribution is 7.93. The highest BCUT2D eigenvalue weighted by Crippen LogP contribution is 2.32. The summed E-state index contributed by atoms with van der Waals surface area (Å²) in [6, 6.07) is 5.21. The van der Waals surface area contributed by atoms with Gasteiger partial charge in [0.05, 0.1) is 12.2 Å². The summed E-state index contributed by atoms with van der Waals surface area (Å²) >= 11 is 0.586. The highest BCUT2D eigenvalue weighted by atomic mass is 32.2. The lowest BCUT2D eigenvalue weighted by atomic mass is 10.1. The van der Waals surface area contributed by atoms with Crippen molar-refractivity contribution >= 4 is 17.8 Å². The summed E-state index contributed by atoms with van der Waals surface area (Å²) in [5, 5.41) is 0. The highest BCUT2D eigenvalue weighted by Gasteiger charge is 2.21. The SMILES string of the molecule is O=C1CCOc2cccc(SO)c21. The molecule has 0 atom stereocenters. The zero-order chi connectivity index (χ0) is 9.26. The molecule has 1 aliphatic rings. The van der Waals surface area contributed by atoms with Crippen molar-refractivity contribution in [3.05, 3.63) is 23.8 Å². The van der Waals surface area contributed by atoms with Gasteiger partial charge < -0.3 is 9.29 Å². The predicted molar refractivity (Wildman–Crippen MR) is 49.4 cm³/mol. The van der Waals surface area contributed by atoms with Crippen molar-refractivity contribution in [1.82, 2.24) is 0 Å². The van der Waals surface area contributed by atoms with Crippen molar-refractivity contribution in [2.75, 3.05) is 6.61 Å². The molecule has 13 heavy (non-hydrogen) atoms. The summed E-state index contributed by atoms with van der Waals surface area (Å²) in [7, 11) is 0. The molecule has 1 aliphatic heterocycles. The molecule has 0 bridgehead atoms. The van der Waals surface area contributed by atoms with Crippen LogP contribution in [0.4, 0.5) is 0 Å². The smallest absolute Gasteiger partial charge is 0.171 e. The van der Waals surface area contributed by atoms with E-state index in [1.54, 1.807) is 18.2 Å². The van der Waals surface area contributed by atoms with Crippen LogP contribution in [0.25, 0.3) is 0 Å². The van der Waals surface area contributed by atoms with Crippen molar-refractivity contribution in [1.29, 1.82) is 0 Å². The Labute approximate surface area is 79.9 Å². The summed E-state index contributed by atoms with van der Waals surface area (Å²) < 4.78 is 14.2. The maximum absolute atomic E-state index is 11.5. The fourth-order valence-corrected chi connectivity index (χ4v) is 1.81. The number of ether oxygens (including phenoxy) is 1. The molecule has 0 radical (unpaired) electrons. The first-order valence-corrected chi connectivity index (χ1v) is 4.70. The van der Waals surface area contributed by atoms with E-state index in [9.17, 15) is 4.79 Å². The molecule has 4 heteroatoms. The van der Waals surface area contributed by atoms with Crippen molar-refractivity contribution in [3.63, 3.8) is 0 Å². The number of ketones is 1. The second kappa shape index (κ2) is 3.40. The van der Waals surface area contributed by atoms with Crippen LogP contribution in [0.1, 0.15) is 16.8 Å². The summed E-state index contributed by atoms with van der Waals surface area (Å²) in [6.07, 6.45) is 0.393. The van der Waals surface area contributed by atoms with Gasteiger partial charge in [0.1, 0.15) is 5.75 Å². The molecule has 0 fully saturated rings. The van der Waals surface area contributed by atoms with Crippen LogP contribution in [0.3, 0.4) is 0 Å². The van der Waals surface area contributed by atoms with Crippen molar-refractivity contribution in [3.8, 4) is 5.75 Å². The maximum atomic E-state index is 11.5. The van der Waals surface area contributed by atoms with Gasteiger partial charge in [0.15, 0.2) is 5.78 Å². The fraction of sp³-hybridized carbons (Fsp3) is 0.222. The summed E-state index contributed by atoms with van der Waals surface area (Å²) in [5.74, 6) is 0.619. The topological polar surface area (TPSA) is 46.5 Å². The Morgan fingerprint density at radius 3 is 3.08 bits per heavy atom. The molecule has 0 aliphatic carbocycles. The lowest BCUT2D eigenvalue weighted by Gasteiger charge is -2.17. The minimum atomic E-state index is 0.0402. The molecule has 0 saturated carbocycles. The number of carbonyl (C=O) groups is 1. The van der Waals surface area contributed by atoms with E-state index < -0.39 is 0 Å². The van der Waals surface area contributed by atoms with Gasteiger partial charge in [-0.25, -0.2) is 0 Å². The molecule has 1 heterocycles. The van der Waals surface area contributed by atoms with Gasteiger partial charge in [-0.2, -0.15) is 0 Å². The number of hydrogen-bond donors (Lipinski definition) is 1. The molecule has 0 unspecified atom stereocenters. The minimum Gasteiger partial charge on any atom is -0.492 e. The van der Waals surface area contributed by atoms with Gasteiger partial charge in [-0.15, -0.1) is 0 Å². The van der Waals surface area contributed by atoms with Gasteiger partial charge in [-0.3, -0.25) is 4.79 Å².